The number of amides is 1. The summed E-state index contributed by atoms with van der Waals surface area (Å²) in [5.41, 5.74) is 2.83. The van der Waals surface area contributed by atoms with Crippen LogP contribution in [0.25, 0.3) is 0 Å². The number of ketones is 1. The molecule has 0 saturated carbocycles. The third-order valence-corrected chi connectivity index (χ3v) is 7.30. The molecule has 2 heterocycles. The topological polar surface area (TPSA) is 73.2 Å². The van der Waals surface area contributed by atoms with Crippen molar-refractivity contribution >= 4 is 23.5 Å². The van der Waals surface area contributed by atoms with Crippen LogP contribution in [0.15, 0.2) is 24.3 Å². The monoisotopic (exact) mass is 383 g/mol. The zero-order valence-electron chi connectivity index (χ0n) is 15.4. The van der Waals surface area contributed by atoms with E-state index in [0.717, 1.165) is 32.1 Å². The lowest BCUT2D eigenvalue weighted by atomic mass is 9.96. The van der Waals surface area contributed by atoms with E-state index in [1.807, 2.05) is 0 Å². The van der Waals surface area contributed by atoms with E-state index in [4.69, 9.17) is 0 Å². The summed E-state index contributed by atoms with van der Waals surface area (Å²) in [5.74, 6) is 1.25. The van der Waals surface area contributed by atoms with Crippen molar-refractivity contribution in [3.8, 4) is 6.07 Å². The molecule has 1 N–H and O–H groups in total. The van der Waals surface area contributed by atoms with Crippen LogP contribution < -0.4 is 5.32 Å². The molecule has 1 aromatic carbocycles. The minimum absolute atomic E-state index is 0.0735. The van der Waals surface area contributed by atoms with E-state index in [0.29, 0.717) is 24.8 Å². The van der Waals surface area contributed by atoms with Crippen molar-refractivity contribution in [1.82, 2.24) is 10.2 Å². The molecule has 2 aliphatic heterocycles. The molecule has 1 aliphatic carbocycles. The standard InChI is InChI=1S/C21H25N3O2S/c22-12-17-6-3-9-24(17)21(26)19-20(27-13-23-19)18(25)8-7-14-10-15-4-1-2-5-16(15)11-14/h1-2,4-5,14,17,19-20,23H,3,6-11,13H2/t17-,19-,20?/m0/s1. The smallest absolute Gasteiger partial charge is 0.242 e. The summed E-state index contributed by atoms with van der Waals surface area (Å²) in [6.07, 6.45) is 5.13. The summed E-state index contributed by atoms with van der Waals surface area (Å²) < 4.78 is 0. The van der Waals surface area contributed by atoms with E-state index in [1.54, 1.807) is 4.90 Å². The number of nitriles is 1. The highest BCUT2D eigenvalue weighted by atomic mass is 32.2. The summed E-state index contributed by atoms with van der Waals surface area (Å²) in [5, 5.41) is 12.1. The largest absolute Gasteiger partial charge is 0.325 e. The molecule has 3 atom stereocenters. The SMILES string of the molecule is N#C[C@@H]1CCCN1C(=O)[C@H]1NCSC1C(=O)CCC1Cc2ccccc2C1. The maximum Gasteiger partial charge on any atom is 0.242 e. The maximum absolute atomic E-state index is 12.9. The van der Waals surface area contributed by atoms with Crippen molar-refractivity contribution in [3.05, 3.63) is 35.4 Å². The lowest BCUT2D eigenvalue weighted by molar-refractivity contribution is -0.135. The number of carbonyl (C=O) groups is 2. The van der Waals surface area contributed by atoms with Gasteiger partial charge in [-0.2, -0.15) is 5.26 Å². The Hall–Kier alpha value is -1.84. The highest BCUT2D eigenvalue weighted by molar-refractivity contribution is 8.00. The minimum Gasteiger partial charge on any atom is -0.325 e. The first-order chi connectivity index (χ1) is 13.2. The molecule has 4 rings (SSSR count). The number of nitrogens with zero attached hydrogens (tertiary/aromatic N) is 2. The number of Topliss-reactive ketones (excluding diaryl/α,β-unsaturated/α-hetero) is 1. The van der Waals surface area contributed by atoms with Crippen LogP contribution in [-0.4, -0.2) is 46.3 Å². The van der Waals surface area contributed by atoms with Gasteiger partial charge in [-0.15, -0.1) is 11.8 Å². The molecule has 6 heteroatoms. The van der Waals surface area contributed by atoms with Gasteiger partial charge in [0.05, 0.1) is 11.3 Å². The average Bonchev–Trinajstić information content (AvgIpc) is 3.43. The molecule has 1 amide bonds. The van der Waals surface area contributed by atoms with Crippen molar-refractivity contribution in [2.24, 2.45) is 5.92 Å². The summed E-state index contributed by atoms with van der Waals surface area (Å²) in [6.45, 7) is 0.626. The van der Waals surface area contributed by atoms with Crippen molar-refractivity contribution in [3.63, 3.8) is 0 Å². The number of hydrogen-bond donors (Lipinski definition) is 1. The van der Waals surface area contributed by atoms with Gasteiger partial charge in [0.1, 0.15) is 17.9 Å². The van der Waals surface area contributed by atoms with E-state index in [2.05, 4.69) is 35.7 Å². The van der Waals surface area contributed by atoms with Gasteiger partial charge in [0, 0.05) is 18.8 Å². The number of hydrogen-bond acceptors (Lipinski definition) is 5. The van der Waals surface area contributed by atoms with Gasteiger partial charge >= 0.3 is 0 Å². The average molecular weight is 384 g/mol. The van der Waals surface area contributed by atoms with Gasteiger partial charge in [-0.05, 0) is 49.1 Å². The van der Waals surface area contributed by atoms with Crippen LogP contribution in [0.2, 0.25) is 0 Å². The summed E-state index contributed by atoms with van der Waals surface area (Å²) >= 11 is 1.53. The molecule has 1 aromatic rings. The van der Waals surface area contributed by atoms with Crippen LogP contribution >= 0.6 is 11.8 Å². The number of rotatable bonds is 5. The fraction of sp³-hybridized carbons (Fsp3) is 0.571. The molecule has 0 aromatic heterocycles. The molecule has 2 fully saturated rings. The number of benzene rings is 1. The highest BCUT2D eigenvalue weighted by Crippen LogP contribution is 2.32. The van der Waals surface area contributed by atoms with Crippen LogP contribution in [0, 0.1) is 17.2 Å². The zero-order chi connectivity index (χ0) is 18.8. The summed E-state index contributed by atoms with van der Waals surface area (Å²) in [6, 6.07) is 9.94. The van der Waals surface area contributed by atoms with Gasteiger partial charge in [0.25, 0.3) is 0 Å². The van der Waals surface area contributed by atoms with E-state index >= 15 is 0 Å². The molecule has 3 aliphatic rings. The summed E-state index contributed by atoms with van der Waals surface area (Å²) in [7, 11) is 0. The van der Waals surface area contributed by atoms with Gasteiger partial charge in [0.2, 0.25) is 5.91 Å². The second-order valence-electron chi connectivity index (χ2n) is 7.78. The number of nitrogens with one attached hydrogen (secondary N) is 1. The second-order valence-corrected chi connectivity index (χ2v) is 8.91. The van der Waals surface area contributed by atoms with Gasteiger partial charge in [-0.3, -0.25) is 14.9 Å². The Kier molecular flexibility index (Phi) is 5.51. The number of carbonyl (C=O) groups excluding carboxylic acids is 2. The summed E-state index contributed by atoms with van der Waals surface area (Å²) in [4.78, 5) is 27.4. The minimum atomic E-state index is -0.475. The van der Waals surface area contributed by atoms with E-state index < -0.39 is 6.04 Å². The third-order valence-electron chi connectivity index (χ3n) is 6.07. The first-order valence-corrected chi connectivity index (χ1v) is 10.9. The van der Waals surface area contributed by atoms with Crippen LogP contribution in [-0.2, 0) is 22.4 Å². The third kappa shape index (κ3) is 3.76. The molecule has 27 heavy (non-hydrogen) atoms. The van der Waals surface area contributed by atoms with Crippen LogP contribution in [0.1, 0.15) is 36.8 Å². The lowest BCUT2D eigenvalue weighted by Gasteiger charge is -2.25. The van der Waals surface area contributed by atoms with Gasteiger partial charge in [-0.1, -0.05) is 24.3 Å². The molecule has 0 bridgehead atoms. The first kappa shape index (κ1) is 18.5. The van der Waals surface area contributed by atoms with Crippen LogP contribution in [0.5, 0.6) is 0 Å². The molecule has 2 saturated heterocycles. The Morgan fingerprint density at radius 2 is 2.00 bits per heavy atom. The predicted molar refractivity (Wildman–Crippen MR) is 105 cm³/mol. The van der Waals surface area contributed by atoms with Gasteiger partial charge in [-0.25, -0.2) is 0 Å². The highest BCUT2D eigenvalue weighted by Gasteiger charge is 2.42. The molecular formula is C21H25N3O2S. The fourth-order valence-corrected chi connectivity index (χ4v) is 5.78. The predicted octanol–water partition coefficient (Wildman–Crippen LogP) is 2.30. The Bertz CT molecular complexity index is 750. The van der Waals surface area contributed by atoms with Crippen molar-refractivity contribution in [2.45, 2.75) is 55.9 Å². The molecular weight excluding hydrogens is 358 g/mol. The van der Waals surface area contributed by atoms with Crippen LogP contribution in [0.3, 0.4) is 0 Å². The van der Waals surface area contributed by atoms with E-state index in [1.165, 1.54) is 22.9 Å². The lowest BCUT2D eigenvalue weighted by Crippen LogP contribution is -2.51. The number of thioether (sulfide) groups is 1. The number of fused-ring (bicyclic) bond motifs is 1. The normalized spacial score (nSPS) is 27.5. The number of likely N-dealkylation sites (tertiary alicyclic amines) is 1. The Balaban J connectivity index is 1.33. The molecule has 0 radical (unpaired) electrons. The van der Waals surface area contributed by atoms with E-state index in [-0.39, 0.29) is 23.0 Å². The second kappa shape index (κ2) is 8.04. The molecule has 142 valence electrons. The molecule has 0 spiro atoms. The Morgan fingerprint density at radius 1 is 1.26 bits per heavy atom. The zero-order valence-corrected chi connectivity index (χ0v) is 16.2. The quantitative estimate of drug-likeness (QED) is 0.845. The van der Waals surface area contributed by atoms with E-state index in [9.17, 15) is 14.9 Å². The van der Waals surface area contributed by atoms with Gasteiger partial charge in [0.15, 0.2) is 0 Å². The van der Waals surface area contributed by atoms with Crippen LogP contribution in [0.4, 0.5) is 0 Å². The van der Waals surface area contributed by atoms with Crippen molar-refractivity contribution in [1.29, 1.82) is 5.26 Å². The molecule has 5 nitrogen and oxygen atoms in total. The van der Waals surface area contributed by atoms with Gasteiger partial charge < -0.3 is 4.90 Å². The Labute approximate surface area is 164 Å². The first-order valence-electron chi connectivity index (χ1n) is 9.82. The molecule has 1 unspecified atom stereocenters. The Morgan fingerprint density at radius 3 is 2.70 bits per heavy atom. The fourth-order valence-electron chi connectivity index (χ4n) is 4.61. The van der Waals surface area contributed by atoms with Crippen molar-refractivity contribution in [2.75, 3.05) is 12.4 Å². The maximum atomic E-state index is 12.9. The van der Waals surface area contributed by atoms with Crippen molar-refractivity contribution < 1.29 is 9.59 Å².